The zero-order valence-electron chi connectivity index (χ0n) is 25.0. The van der Waals surface area contributed by atoms with Crippen molar-refractivity contribution in [2.75, 3.05) is 7.11 Å². The van der Waals surface area contributed by atoms with Gasteiger partial charge in [0.1, 0.15) is 6.10 Å². The van der Waals surface area contributed by atoms with Crippen molar-refractivity contribution >= 4 is 5.97 Å². The average Bonchev–Trinajstić information content (AvgIpc) is 3.44. The Balaban J connectivity index is 1.38. The van der Waals surface area contributed by atoms with E-state index >= 15 is 0 Å². The first-order chi connectivity index (χ1) is 17.3. The number of fused-ring (bicyclic) bond motifs is 7. The number of carbonyl (C=O) groups excluding carboxylic acids is 1. The van der Waals surface area contributed by atoms with E-state index in [0.29, 0.717) is 40.6 Å². The summed E-state index contributed by atoms with van der Waals surface area (Å²) in [5, 5.41) is 0. The van der Waals surface area contributed by atoms with Gasteiger partial charge in [-0.1, -0.05) is 46.8 Å². The van der Waals surface area contributed by atoms with E-state index in [9.17, 15) is 4.79 Å². The van der Waals surface area contributed by atoms with E-state index in [1.54, 1.807) is 0 Å². The van der Waals surface area contributed by atoms with Gasteiger partial charge in [-0.3, -0.25) is 4.79 Å². The predicted octanol–water partition coefficient (Wildman–Crippen LogP) is 8.36. The first kappa shape index (κ1) is 26.4. The maximum absolute atomic E-state index is 12.3. The summed E-state index contributed by atoms with van der Waals surface area (Å²) in [6, 6.07) is 0. The van der Waals surface area contributed by atoms with Gasteiger partial charge in [-0.05, 0) is 129 Å². The Kier molecular flexibility index (Phi) is 5.95. The molecule has 0 unspecified atom stereocenters. The highest BCUT2D eigenvalue weighted by Crippen LogP contribution is 2.78. The highest BCUT2D eigenvalue weighted by molar-refractivity contribution is 5.71. The lowest BCUT2D eigenvalue weighted by Crippen LogP contribution is -2.67. The second-order valence-electron chi connectivity index (χ2n) is 16.0. The van der Waals surface area contributed by atoms with Gasteiger partial charge in [-0.15, -0.1) is 0 Å². The van der Waals surface area contributed by atoms with Gasteiger partial charge in [0.25, 0.3) is 0 Å². The topological polar surface area (TPSA) is 35.5 Å². The summed E-state index contributed by atoms with van der Waals surface area (Å²) >= 11 is 0. The highest BCUT2D eigenvalue weighted by Gasteiger charge is 2.72. The molecule has 0 amide bonds. The minimum atomic E-state index is 0.0430. The van der Waals surface area contributed by atoms with Crippen molar-refractivity contribution in [3.63, 3.8) is 0 Å². The summed E-state index contributed by atoms with van der Waals surface area (Å²) < 4.78 is 12.2. The number of carbonyl (C=O) groups is 1. The maximum Gasteiger partial charge on any atom is 0.306 e. The minimum Gasteiger partial charge on any atom is -0.462 e. The number of rotatable bonds is 3. The molecular formula is C34H54O3. The fourth-order valence-corrected chi connectivity index (χ4v) is 13.1. The summed E-state index contributed by atoms with van der Waals surface area (Å²) in [5.41, 5.74) is 2.92. The Morgan fingerprint density at radius 2 is 1.62 bits per heavy atom. The smallest absolute Gasteiger partial charge is 0.306 e. The van der Waals surface area contributed by atoms with Crippen LogP contribution in [0.25, 0.3) is 0 Å². The summed E-state index contributed by atoms with van der Waals surface area (Å²) in [7, 11) is 1.93. The molecule has 0 N–H and O–H groups in total. The maximum atomic E-state index is 12.3. The quantitative estimate of drug-likeness (QED) is 0.283. The van der Waals surface area contributed by atoms with Gasteiger partial charge in [0, 0.05) is 18.9 Å². The zero-order valence-corrected chi connectivity index (χ0v) is 25.0. The van der Waals surface area contributed by atoms with E-state index < -0.39 is 0 Å². The van der Waals surface area contributed by atoms with Crippen molar-refractivity contribution in [2.24, 2.45) is 56.7 Å². The van der Waals surface area contributed by atoms with Gasteiger partial charge in [-0.25, -0.2) is 0 Å². The number of esters is 1. The van der Waals surface area contributed by atoms with Crippen molar-refractivity contribution < 1.29 is 14.3 Å². The van der Waals surface area contributed by atoms with Crippen molar-refractivity contribution in [2.45, 2.75) is 131 Å². The van der Waals surface area contributed by atoms with Crippen LogP contribution in [0.3, 0.4) is 0 Å². The molecule has 6 fully saturated rings. The van der Waals surface area contributed by atoms with Crippen LogP contribution in [0.2, 0.25) is 0 Å². The molecule has 5 saturated carbocycles. The van der Waals surface area contributed by atoms with Crippen LogP contribution in [-0.2, 0) is 14.3 Å². The van der Waals surface area contributed by atoms with Crippen molar-refractivity contribution in [3.8, 4) is 0 Å². The van der Waals surface area contributed by atoms with Crippen LogP contribution in [0.15, 0.2) is 12.2 Å². The Morgan fingerprint density at radius 3 is 2.27 bits per heavy atom. The monoisotopic (exact) mass is 510 g/mol. The molecule has 0 radical (unpaired) electrons. The van der Waals surface area contributed by atoms with Gasteiger partial charge < -0.3 is 9.47 Å². The van der Waals surface area contributed by atoms with Crippen LogP contribution < -0.4 is 0 Å². The molecule has 1 aliphatic heterocycles. The first-order valence-corrected chi connectivity index (χ1v) is 15.7. The van der Waals surface area contributed by atoms with E-state index in [2.05, 4.69) is 48.1 Å². The molecule has 0 aromatic rings. The van der Waals surface area contributed by atoms with E-state index in [0.717, 1.165) is 24.2 Å². The molecule has 37 heavy (non-hydrogen) atoms. The largest absolute Gasteiger partial charge is 0.462 e. The third kappa shape index (κ3) is 3.25. The summed E-state index contributed by atoms with van der Waals surface area (Å²) in [6.45, 7) is 20.0. The highest BCUT2D eigenvalue weighted by atomic mass is 16.6. The number of ether oxygens (including phenoxy) is 2. The molecule has 5 aliphatic carbocycles. The lowest BCUT2D eigenvalue weighted by atomic mass is 9.32. The number of methoxy groups -OCH3 is 1. The summed E-state index contributed by atoms with van der Waals surface area (Å²) in [5.74, 6) is 3.51. The molecule has 6 rings (SSSR count). The van der Waals surface area contributed by atoms with E-state index in [1.807, 2.05) is 7.11 Å². The van der Waals surface area contributed by atoms with Gasteiger partial charge in [0.15, 0.2) is 0 Å². The second-order valence-corrected chi connectivity index (χ2v) is 16.0. The molecule has 3 nitrogen and oxygen atoms in total. The molecular weight excluding hydrogens is 456 g/mol. The van der Waals surface area contributed by atoms with Gasteiger partial charge in [0.05, 0.1) is 6.10 Å². The van der Waals surface area contributed by atoms with Gasteiger partial charge in [-0.2, -0.15) is 0 Å². The Labute approximate surface area is 226 Å². The normalized spacial score (nSPS) is 54.5. The van der Waals surface area contributed by atoms with Crippen molar-refractivity contribution in [3.05, 3.63) is 12.2 Å². The van der Waals surface area contributed by atoms with Gasteiger partial charge in [0.2, 0.25) is 0 Å². The third-order valence-corrected chi connectivity index (χ3v) is 14.9. The molecule has 3 heteroatoms. The SMILES string of the molecule is C=C(C)[C@@H]1CC[C@]2([C@H]3CCC(=O)O3)CC[C@]3(C)[C@H](CC[C@@H]4[C@@]5(C)CC[C@H](OC)C(C)(C)[C@@H]5CC[C@]43C)[C@@H]12. The molecule has 208 valence electrons. The van der Waals surface area contributed by atoms with E-state index in [-0.39, 0.29) is 22.9 Å². The number of allylic oxidation sites excluding steroid dienone is 1. The van der Waals surface area contributed by atoms with Crippen LogP contribution in [0, 0.1) is 56.7 Å². The van der Waals surface area contributed by atoms with Crippen LogP contribution in [0.4, 0.5) is 0 Å². The standard InChI is InChI=1S/C34H54O3/c1-21(2)22-13-18-34(27-11-12-28(35)37-27)20-19-32(6)23(29(22)34)9-10-25-31(5)16-15-26(36-8)30(3,4)24(31)14-17-33(25,32)7/h22-27,29H,1,9-20H2,2-8H3/t22-,23+,24-,25+,26-,27+,29+,31-,32+,33+,34+/m0/s1. The summed E-state index contributed by atoms with van der Waals surface area (Å²) in [6.07, 6.45) is 15.1. The van der Waals surface area contributed by atoms with Gasteiger partial charge >= 0.3 is 5.97 Å². The fraction of sp³-hybridized carbons (Fsp3) is 0.912. The molecule has 0 aromatic carbocycles. The molecule has 1 saturated heterocycles. The second kappa shape index (κ2) is 8.34. The predicted molar refractivity (Wildman–Crippen MR) is 149 cm³/mol. The zero-order chi connectivity index (χ0) is 26.6. The lowest BCUT2D eigenvalue weighted by Gasteiger charge is -2.73. The van der Waals surface area contributed by atoms with E-state index in [4.69, 9.17) is 9.47 Å². The number of hydrogen-bond donors (Lipinski definition) is 0. The van der Waals surface area contributed by atoms with Crippen molar-refractivity contribution in [1.82, 2.24) is 0 Å². The van der Waals surface area contributed by atoms with Crippen LogP contribution >= 0.6 is 0 Å². The molecule has 0 aromatic heterocycles. The fourth-order valence-electron chi connectivity index (χ4n) is 13.1. The lowest BCUT2D eigenvalue weighted by molar-refractivity contribution is -0.254. The number of cyclic esters (lactones) is 1. The molecule has 0 spiro atoms. The third-order valence-electron chi connectivity index (χ3n) is 14.9. The Morgan fingerprint density at radius 1 is 0.865 bits per heavy atom. The average molecular weight is 511 g/mol. The van der Waals surface area contributed by atoms with Crippen LogP contribution in [0.1, 0.15) is 119 Å². The first-order valence-electron chi connectivity index (χ1n) is 15.7. The molecule has 1 heterocycles. The van der Waals surface area contributed by atoms with Crippen LogP contribution in [-0.4, -0.2) is 25.3 Å². The molecule has 11 atom stereocenters. The van der Waals surface area contributed by atoms with E-state index in [1.165, 1.54) is 69.8 Å². The number of hydrogen-bond acceptors (Lipinski definition) is 3. The van der Waals surface area contributed by atoms with Crippen molar-refractivity contribution in [1.29, 1.82) is 0 Å². The Bertz CT molecular complexity index is 968. The van der Waals surface area contributed by atoms with Crippen LogP contribution in [0.5, 0.6) is 0 Å². The molecule has 6 aliphatic rings. The Hall–Kier alpha value is -0.830. The minimum absolute atomic E-state index is 0.0430. The summed E-state index contributed by atoms with van der Waals surface area (Å²) in [4.78, 5) is 12.3. The molecule has 0 bridgehead atoms.